The highest BCUT2D eigenvalue weighted by molar-refractivity contribution is 6.09. The van der Waals surface area contributed by atoms with Crippen molar-refractivity contribution in [2.75, 3.05) is 4.90 Å². The lowest BCUT2D eigenvalue weighted by atomic mass is 9.75. The van der Waals surface area contributed by atoms with Crippen LogP contribution in [0.5, 0.6) is 0 Å². The molecule has 0 radical (unpaired) electrons. The Morgan fingerprint density at radius 1 is 0.281 bits per heavy atom. The van der Waals surface area contributed by atoms with E-state index in [4.69, 9.17) is 0 Å². The van der Waals surface area contributed by atoms with E-state index in [-0.39, 0.29) is 21.7 Å². The van der Waals surface area contributed by atoms with Gasteiger partial charge in [0.2, 0.25) is 0 Å². The molecule has 0 spiro atoms. The minimum atomic E-state index is -0.0905. The predicted octanol–water partition coefficient (Wildman–Crippen LogP) is 14.9. The summed E-state index contributed by atoms with van der Waals surface area (Å²) >= 11 is 0. The van der Waals surface area contributed by atoms with Crippen LogP contribution in [0.15, 0.2) is 152 Å². The molecular formula is C56H49N. The predicted molar refractivity (Wildman–Crippen MR) is 241 cm³/mol. The van der Waals surface area contributed by atoms with Gasteiger partial charge >= 0.3 is 0 Å². The first-order valence-corrected chi connectivity index (χ1v) is 20.7. The molecule has 278 valence electrons. The number of allylic oxidation sites excluding steroid dienone is 2. The molecule has 57 heavy (non-hydrogen) atoms. The molecular weight excluding hydrogens is 687 g/mol. The van der Waals surface area contributed by atoms with Crippen LogP contribution in [-0.4, -0.2) is 0 Å². The first kappa shape index (κ1) is 34.3. The molecule has 7 aromatic rings. The van der Waals surface area contributed by atoms with Gasteiger partial charge in [0.05, 0.1) is 0 Å². The van der Waals surface area contributed by atoms with Crippen molar-refractivity contribution in [3.8, 4) is 33.4 Å². The van der Waals surface area contributed by atoms with E-state index in [1.54, 1.807) is 0 Å². The normalized spacial score (nSPS) is 17.6. The van der Waals surface area contributed by atoms with Gasteiger partial charge in [-0.3, -0.25) is 0 Å². The monoisotopic (exact) mass is 735 g/mol. The summed E-state index contributed by atoms with van der Waals surface area (Å²) in [5, 5.41) is 0. The van der Waals surface area contributed by atoms with Crippen molar-refractivity contribution in [3.05, 3.63) is 196 Å². The Morgan fingerprint density at radius 3 is 1.16 bits per heavy atom. The number of hydrogen-bond donors (Lipinski definition) is 0. The second kappa shape index (κ2) is 11.4. The third-order valence-corrected chi connectivity index (χ3v) is 14.4. The molecule has 0 atom stereocenters. The Hall–Kier alpha value is -5.92. The number of rotatable bonds is 4. The second-order valence-corrected chi connectivity index (χ2v) is 19.0. The van der Waals surface area contributed by atoms with Crippen LogP contribution in [0.25, 0.3) is 44.5 Å². The fraction of sp³-hybridized carbons (Fsp3) is 0.214. The van der Waals surface area contributed by atoms with Gasteiger partial charge in [0, 0.05) is 38.7 Å². The summed E-state index contributed by atoms with van der Waals surface area (Å²) in [6, 6.07) is 57.7. The third kappa shape index (κ3) is 4.52. The van der Waals surface area contributed by atoms with Gasteiger partial charge in [-0.1, -0.05) is 165 Å². The van der Waals surface area contributed by atoms with E-state index in [1.165, 1.54) is 100 Å². The summed E-state index contributed by atoms with van der Waals surface area (Å²) < 4.78 is 0. The first-order chi connectivity index (χ1) is 27.3. The van der Waals surface area contributed by atoms with E-state index in [0.717, 1.165) is 5.69 Å². The van der Waals surface area contributed by atoms with E-state index < -0.39 is 0 Å². The van der Waals surface area contributed by atoms with Gasteiger partial charge in [-0.2, -0.15) is 0 Å². The van der Waals surface area contributed by atoms with Crippen molar-refractivity contribution in [1.29, 1.82) is 0 Å². The fourth-order valence-corrected chi connectivity index (χ4v) is 11.5. The molecule has 0 fully saturated rings. The largest absolute Gasteiger partial charge is 0.310 e. The molecule has 4 aliphatic rings. The summed E-state index contributed by atoms with van der Waals surface area (Å²) in [6.07, 6.45) is 0. The molecule has 0 aromatic heterocycles. The SMILES string of the molecule is CC1(C)C2=C(c3ccccc31)C(C)(C)c1cc(-c3ccc(N(c4ccc5c(c4)C(C)(C)c4ccccc4-5)c4ccc5c(c4)C(C)(C)c4ccccc4-5)cc3)ccc12. The average molecular weight is 736 g/mol. The van der Waals surface area contributed by atoms with Crippen LogP contribution in [0.1, 0.15) is 99.9 Å². The van der Waals surface area contributed by atoms with Crippen molar-refractivity contribution in [3.63, 3.8) is 0 Å². The number of anilines is 3. The Labute approximate surface area is 338 Å². The van der Waals surface area contributed by atoms with Crippen molar-refractivity contribution < 1.29 is 0 Å². The number of nitrogens with zero attached hydrogens (tertiary/aromatic N) is 1. The maximum atomic E-state index is 2.47. The highest BCUT2D eigenvalue weighted by Gasteiger charge is 2.49. The summed E-state index contributed by atoms with van der Waals surface area (Å²) in [5.41, 5.74) is 25.4. The van der Waals surface area contributed by atoms with E-state index in [2.05, 4.69) is 212 Å². The Balaban J connectivity index is 1.02. The van der Waals surface area contributed by atoms with Crippen LogP contribution in [-0.2, 0) is 21.7 Å². The molecule has 0 unspecified atom stereocenters. The second-order valence-electron chi connectivity index (χ2n) is 19.0. The van der Waals surface area contributed by atoms with E-state index >= 15 is 0 Å². The number of fused-ring (bicyclic) bond motifs is 10. The van der Waals surface area contributed by atoms with Crippen molar-refractivity contribution >= 4 is 28.2 Å². The Morgan fingerprint density at radius 2 is 0.632 bits per heavy atom. The van der Waals surface area contributed by atoms with Gasteiger partial charge in [-0.15, -0.1) is 0 Å². The van der Waals surface area contributed by atoms with E-state index in [1.807, 2.05) is 0 Å². The number of hydrogen-bond acceptors (Lipinski definition) is 1. The first-order valence-electron chi connectivity index (χ1n) is 20.7. The molecule has 11 rings (SSSR count). The van der Waals surface area contributed by atoms with E-state index in [0.29, 0.717) is 0 Å². The third-order valence-electron chi connectivity index (χ3n) is 14.4. The lowest BCUT2D eigenvalue weighted by molar-refractivity contribution is 0.660. The topological polar surface area (TPSA) is 3.24 Å². The van der Waals surface area contributed by atoms with Crippen LogP contribution < -0.4 is 4.90 Å². The molecule has 0 bridgehead atoms. The van der Waals surface area contributed by atoms with Crippen LogP contribution in [0, 0.1) is 0 Å². The standard InChI is InChI=1S/C56H49N/c1-53(2)45-18-12-9-15-39(45)41-29-26-37(32-49(41)53)57(38-27-30-42-40-16-10-13-19-46(40)54(3,4)50(42)33-38)36-24-21-34(22-25-36)35-23-28-44-48(31-35)56(7,8)51-43-17-11-14-20-47(43)55(5,6)52(44)51/h9-33H,1-8H3. The van der Waals surface area contributed by atoms with Crippen molar-refractivity contribution in [2.24, 2.45) is 0 Å². The lowest BCUT2D eigenvalue weighted by Gasteiger charge is -2.30. The minimum absolute atomic E-state index is 0.0216. The highest BCUT2D eigenvalue weighted by atomic mass is 15.1. The zero-order valence-electron chi connectivity index (χ0n) is 34.4. The van der Waals surface area contributed by atoms with Gasteiger partial charge in [-0.25, -0.2) is 0 Å². The van der Waals surface area contributed by atoms with Crippen molar-refractivity contribution in [2.45, 2.75) is 77.0 Å². The maximum Gasteiger partial charge on any atom is 0.0465 e. The molecule has 7 aromatic carbocycles. The smallest absolute Gasteiger partial charge is 0.0465 e. The molecule has 4 aliphatic carbocycles. The molecule has 0 amide bonds. The molecule has 0 saturated heterocycles. The number of benzene rings is 7. The zero-order chi connectivity index (χ0) is 39.2. The molecule has 0 saturated carbocycles. The maximum absolute atomic E-state index is 2.47. The summed E-state index contributed by atoms with van der Waals surface area (Å²) in [4.78, 5) is 2.47. The van der Waals surface area contributed by atoms with Crippen LogP contribution >= 0.6 is 0 Å². The summed E-state index contributed by atoms with van der Waals surface area (Å²) in [7, 11) is 0. The fourth-order valence-electron chi connectivity index (χ4n) is 11.5. The Kier molecular flexibility index (Phi) is 6.84. The highest BCUT2D eigenvalue weighted by Crippen LogP contribution is 2.63. The molecule has 0 heterocycles. The summed E-state index contributed by atoms with van der Waals surface area (Å²) in [6.45, 7) is 19.1. The Bertz CT molecular complexity index is 2780. The minimum Gasteiger partial charge on any atom is -0.310 e. The van der Waals surface area contributed by atoms with Crippen molar-refractivity contribution in [1.82, 2.24) is 0 Å². The van der Waals surface area contributed by atoms with Crippen LogP contribution in [0.2, 0.25) is 0 Å². The quantitative estimate of drug-likeness (QED) is 0.174. The van der Waals surface area contributed by atoms with Gasteiger partial charge in [0.15, 0.2) is 0 Å². The summed E-state index contributed by atoms with van der Waals surface area (Å²) in [5.74, 6) is 0. The molecule has 0 aliphatic heterocycles. The van der Waals surface area contributed by atoms with Crippen LogP contribution in [0.3, 0.4) is 0 Å². The average Bonchev–Trinajstić information content (AvgIpc) is 3.80. The zero-order valence-corrected chi connectivity index (χ0v) is 34.4. The lowest BCUT2D eigenvalue weighted by Crippen LogP contribution is -2.19. The van der Waals surface area contributed by atoms with Crippen LogP contribution in [0.4, 0.5) is 17.1 Å². The van der Waals surface area contributed by atoms with Gasteiger partial charge in [0.1, 0.15) is 0 Å². The molecule has 1 nitrogen and oxygen atoms in total. The van der Waals surface area contributed by atoms with Gasteiger partial charge < -0.3 is 4.90 Å². The van der Waals surface area contributed by atoms with Gasteiger partial charge in [0.25, 0.3) is 0 Å². The molecule has 0 N–H and O–H groups in total. The van der Waals surface area contributed by atoms with E-state index in [9.17, 15) is 0 Å². The molecule has 1 heteroatoms. The van der Waals surface area contributed by atoms with Gasteiger partial charge in [-0.05, 0) is 131 Å².